The maximum absolute atomic E-state index is 12.1. The van der Waals surface area contributed by atoms with Crippen molar-refractivity contribution in [3.63, 3.8) is 0 Å². The van der Waals surface area contributed by atoms with Gasteiger partial charge in [-0.15, -0.1) is 0 Å². The molecule has 0 radical (unpaired) electrons. The summed E-state index contributed by atoms with van der Waals surface area (Å²) in [6.07, 6.45) is -1.12. The minimum Gasteiger partial charge on any atom is -0.461 e. The number of carbonyl (C=O) groups excluding carboxylic acids is 1. The van der Waals surface area contributed by atoms with Gasteiger partial charge in [-0.25, -0.2) is 9.78 Å². The van der Waals surface area contributed by atoms with Crippen molar-refractivity contribution >= 4 is 16.9 Å². The molecule has 0 bridgehead atoms. The molecule has 148 valence electrons. The van der Waals surface area contributed by atoms with Gasteiger partial charge in [0.05, 0.1) is 30.7 Å². The van der Waals surface area contributed by atoms with Gasteiger partial charge in [0.1, 0.15) is 6.61 Å². The van der Waals surface area contributed by atoms with Crippen LogP contribution in [0.5, 0.6) is 0 Å². The molecular weight excluding hydrogens is 375 g/mol. The second kappa shape index (κ2) is 8.39. The van der Waals surface area contributed by atoms with E-state index in [2.05, 4.69) is 14.8 Å². The number of rotatable bonds is 7. The molecule has 0 aliphatic carbocycles. The van der Waals surface area contributed by atoms with E-state index in [0.717, 1.165) is 5.56 Å². The molecule has 0 N–H and O–H groups in total. The highest BCUT2D eigenvalue weighted by Crippen LogP contribution is 2.18. The molecule has 0 saturated carbocycles. The van der Waals surface area contributed by atoms with Crippen LogP contribution < -0.4 is 0 Å². The number of benzene rings is 1. The Balaban J connectivity index is 1.69. The topological polar surface area (TPSA) is 66.2 Å². The number of pyridine rings is 1. The summed E-state index contributed by atoms with van der Waals surface area (Å²) in [5.41, 5.74) is 2.38. The van der Waals surface area contributed by atoms with Crippen molar-refractivity contribution in [1.29, 1.82) is 0 Å². The van der Waals surface area contributed by atoms with Crippen molar-refractivity contribution in [1.82, 2.24) is 14.8 Å². The van der Waals surface area contributed by atoms with Crippen molar-refractivity contribution in [2.45, 2.75) is 26.3 Å². The average molecular weight is 393 g/mol. The van der Waals surface area contributed by atoms with Gasteiger partial charge in [-0.05, 0) is 24.1 Å². The molecule has 3 aromatic rings. The lowest BCUT2D eigenvalue weighted by Crippen LogP contribution is -2.16. The molecule has 1 aromatic carbocycles. The fourth-order valence-corrected chi connectivity index (χ4v) is 2.65. The van der Waals surface area contributed by atoms with Gasteiger partial charge in [-0.3, -0.25) is 4.68 Å². The van der Waals surface area contributed by atoms with Crippen LogP contribution in [0, 0.1) is 0 Å². The van der Waals surface area contributed by atoms with E-state index in [0.29, 0.717) is 23.0 Å². The summed E-state index contributed by atoms with van der Waals surface area (Å²) in [7, 11) is 0. The first-order chi connectivity index (χ1) is 13.4. The summed E-state index contributed by atoms with van der Waals surface area (Å²) < 4.78 is 47.6. The zero-order chi connectivity index (χ0) is 20.1. The average Bonchev–Trinajstić information content (AvgIpc) is 3.04. The summed E-state index contributed by atoms with van der Waals surface area (Å²) >= 11 is 0. The molecule has 6 nitrogen and oxygen atoms in total. The number of halogens is 3. The number of aromatic nitrogens is 3. The molecule has 28 heavy (non-hydrogen) atoms. The number of esters is 1. The normalized spacial score (nSPS) is 11.7. The summed E-state index contributed by atoms with van der Waals surface area (Å²) in [4.78, 5) is 16.1. The third kappa shape index (κ3) is 5.07. The van der Waals surface area contributed by atoms with Crippen LogP contribution in [0.3, 0.4) is 0 Å². The summed E-state index contributed by atoms with van der Waals surface area (Å²) in [6, 6.07) is 8.71. The standard InChI is InChI=1S/C19H18F3N3O3/c1-2-28-18(26)17-15-10-25(24-16(15)7-8-23-17)9-13-3-5-14(6-4-13)11-27-12-19(20,21)22/h3-8,10H,2,9,11-12H2,1H3. The van der Waals surface area contributed by atoms with Crippen molar-refractivity contribution < 1.29 is 27.4 Å². The van der Waals surface area contributed by atoms with Crippen LogP contribution in [0.15, 0.2) is 42.7 Å². The van der Waals surface area contributed by atoms with E-state index in [1.165, 1.54) is 6.20 Å². The lowest BCUT2D eigenvalue weighted by atomic mass is 10.1. The molecule has 3 rings (SSSR count). The van der Waals surface area contributed by atoms with Gasteiger partial charge in [-0.1, -0.05) is 24.3 Å². The molecule has 0 aliphatic heterocycles. The van der Waals surface area contributed by atoms with Crippen molar-refractivity contribution in [2.24, 2.45) is 0 Å². The summed E-state index contributed by atoms with van der Waals surface area (Å²) in [5.74, 6) is -0.504. The molecule has 0 spiro atoms. The Labute approximate surface area is 158 Å². The van der Waals surface area contributed by atoms with E-state index in [4.69, 9.17) is 4.74 Å². The van der Waals surface area contributed by atoms with Crippen LogP contribution in [0.25, 0.3) is 10.9 Å². The minimum atomic E-state index is -4.33. The first-order valence-electron chi connectivity index (χ1n) is 8.57. The van der Waals surface area contributed by atoms with Gasteiger partial charge in [0.15, 0.2) is 5.69 Å². The zero-order valence-electron chi connectivity index (χ0n) is 15.1. The van der Waals surface area contributed by atoms with Crippen LogP contribution in [0.1, 0.15) is 28.5 Å². The Bertz CT molecular complexity index is 952. The number of nitrogens with zero attached hydrogens (tertiary/aromatic N) is 3. The molecule has 0 fully saturated rings. The third-order valence-corrected chi connectivity index (χ3v) is 3.85. The molecular formula is C19H18F3N3O3. The van der Waals surface area contributed by atoms with E-state index >= 15 is 0 Å². The molecule has 2 heterocycles. The molecule has 0 atom stereocenters. The number of hydrogen-bond donors (Lipinski definition) is 0. The smallest absolute Gasteiger partial charge is 0.411 e. The monoisotopic (exact) mass is 393 g/mol. The van der Waals surface area contributed by atoms with Crippen LogP contribution in [0.4, 0.5) is 13.2 Å². The fourth-order valence-electron chi connectivity index (χ4n) is 2.65. The Hall–Kier alpha value is -2.94. The maximum Gasteiger partial charge on any atom is 0.411 e. The second-order valence-electron chi connectivity index (χ2n) is 6.06. The second-order valence-corrected chi connectivity index (χ2v) is 6.06. The van der Waals surface area contributed by atoms with Crippen LogP contribution in [-0.4, -0.2) is 40.1 Å². The van der Waals surface area contributed by atoms with Gasteiger partial charge in [0.2, 0.25) is 0 Å². The van der Waals surface area contributed by atoms with Crippen LogP contribution in [0.2, 0.25) is 0 Å². The lowest BCUT2D eigenvalue weighted by molar-refractivity contribution is -0.176. The highest BCUT2D eigenvalue weighted by Gasteiger charge is 2.27. The van der Waals surface area contributed by atoms with E-state index in [1.807, 2.05) is 0 Å². The number of fused-ring (bicyclic) bond motifs is 1. The fraction of sp³-hybridized carbons (Fsp3) is 0.316. The quantitative estimate of drug-likeness (QED) is 0.572. The third-order valence-electron chi connectivity index (χ3n) is 3.85. The first-order valence-corrected chi connectivity index (χ1v) is 8.57. The van der Waals surface area contributed by atoms with Gasteiger partial charge in [0, 0.05) is 12.4 Å². The SMILES string of the molecule is CCOC(=O)c1nccc2nn(Cc3ccc(COCC(F)(F)F)cc3)cc12. The van der Waals surface area contributed by atoms with Crippen LogP contribution >= 0.6 is 0 Å². The highest BCUT2D eigenvalue weighted by molar-refractivity contribution is 6.01. The molecule has 0 aliphatic rings. The number of carbonyl (C=O) groups is 1. The summed E-state index contributed by atoms with van der Waals surface area (Å²) in [5, 5.41) is 5.02. The van der Waals surface area contributed by atoms with Gasteiger partial charge in [-0.2, -0.15) is 18.3 Å². The Morgan fingerprint density at radius 1 is 1.14 bits per heavy atom. The van der Waals surface area contributed by atoms with E-state index in [9.17, 15) is 18.0 Å². The predicted molar refractivity (Wildman–Crippen MR) is 94.7 cm³/mol. The largest absolute Gasteiger partial charge is 0.461 e. The maximum atomic E-state index is 12.1. The minimum absolute atomic E-state index is 0.111. The lowest BCUT2D eigenvalue weighted by Gasteiger charge is -2.08. The van der Waals surface area contributed by atoms with Crippen LogP contribution in [-0.2, 0) is 22.6 Å². The molecule has 9 heteroatoms. The molecule has 0 amide bonds. The number of ether oxygens (including phenoxy) is 2. The Morgan fingerprint density at radius 2 is 1.86 bits per heavy atom. The molecule has 0 unspecified atom stereocenters. The van der Waals surface area contributed by atoms with Gasteiger partial charge < -0.3 is 9.47 Å². The molecule has 0 saturated heterocycles. The summed E-state index contributed by atoms with van der Waals surface area (Å²) in [6.45, 7) is 1.02. The Morgan fingerprint density at radius 3 is 2.54 bits per heavy atom. The Kier molecular flexibility index (Phi) is 5.93. The van der Waals surface area contributed by atoms with E-state index in [1.54, 1.807) is 48.1 Å². The van der Waals surface area contributed by atoms with Crippen molar-refractivity contribution in [3.05, 3.63) is 59.5 Å². The number of alkyl halides is 3. The van der Waals surface area contributed by atoms with Gasteiger partial charge >= 0.3 is 12.1 Å². The van der Waals surface area contributed by atoms with Gasteiger partial charge in [0.25, 0.3) is 0 Å². The highest BCUT2D eigenvalue weighted by atomic mass is 19.4. The van der Waals surface area contributed by atoms with E-state index in [-0.39, 0.29) is 18.9 Å². The predicted octanol–water partition coefficient (Wildman–Crippen LogP) is 3.74. The first kappa shape index (κ1) is 19.8. The van der Waals surface area contributed by atoms with E-state index < -0.39 is 18.8 Å². The van der Waals surface area contributed by atoms with Crippen molar-refractivity contribution in [3.8, 4) is 0 Å². The number of hydrogen-bond acceptors (Lipinski definition) is 5. The molecule has 2 aromatic heterocycles. The zero-order valence-corrected chi connectivity index (χ0v) is 15.1. The van der Waals surface area contributed by atoms with Crippen molar-refractivity contribution in [2.75, 3.05) is 13.2 Å².